The zero-order valence-electron chi connectivity index (χ0n) is 14.9. The van der Waals surface area contributed by atoms with Crippen LogP contribution in [0.2, 0.25) is 5.02 Å². The molecular weight excluding hydrogens is 352 g/mol. The number of halogens is 1. The number of fused-ring (bicyclic) bond motifs is 2. The molecule has 26 heavy (non-hydrogen) atoms. The molecule has 1 aliphatic rings. The number of nitrogens with zero attached hydrogens (tertiary/aromatic N) is 4. The minimum Gasteiger partial charge on any atom is -0.451 e. The lowest BCUT2D eigenvalue weighted by atomic mass is 10.1. The molecule has 6 nitrogen and oxygen atoms in total. The Morgan fingerprint density at radius 1 is 1.38 bits per heavy atom. The number of amides is 1. The van der Waals surface area contributed by atoms with Gasteiger partial charge in [-0.1, -0.05) is 11.6 Å². The SMILES string of the molecule is CN(C)CCC1CN(C(=O)c2cc3cc(Cl)ccc3o2)Cc2cncn21. The molecule has 1 aromatic carbocycles. The topological polar surface area (TPSA) is 54.5 Å². The standard InChI is InChI=1S/C19H21ClN4O2/c1-22(2)6-5-15-10-23(11-16-9-21-12-24(15)16)19(25)18-8-13-7-14(20)3-4-17(13)26-18/h3-4,7-9,12,15H,5-6,10-11H2,1-2H3. The Balaban J connectivity index is 1.59. The van der Waals surface area contributed by atoms with E-state index in [0.717, 1.165) is 24.0 Å². The number of imidazole rings is 1. The molecule has 0 radical (unpaired) electrons. The van der Waals surface area contributed by atoms with Crippen molar-refractivity contribution in [3.8, 4) is 0 Å². The van der Waals surface area contributed by atoms with E-state index in [1.54, 1.807) is 18.2 Å². The van der Waals surface area contributed by atoms with E-state index in [2.05, 4.69) is 28.5 Å². The zero-order chi connectivity index (χ0) is 18.3. The van der Waals surface area contributed by atoms with E-state index < -0.39 is 0 Å². The molecule has 0 aliphatic carbocycles. The summed E-state index contributed by atoms with van der Waals surface area (Å²) in [5.74, 6) is 0.251. The van der Waals surface area contributed by atoms with Gasteiger partial charge in [-0.05, 0) is 51.3 Å². The lowest BCUT2D eigenvalue weighted by molar-refractivity contribution is 0.0640. The first kappa shape index (κ1) is 17.1. The molecule has 0 fully saturated rings. The number of hydrogen-bond donors (Lipinski definition) is 0. The van der Waals surface area contributed by atoms with Crippen LogP contribution in [0.25, 0.3) is 11.0 Å². The molecule has 3 heterocycles. The van der Waals surface area contributed by atoms with Crippen LogP contribution in [0, 0.1) is 0 Å². The molecule has 1 amide bonds. The first-order chi connectivity index (χ1) is 12.5. The van der Waals surface area contributed by atoms with E-state index in [9.17, 15) is 4.79 Å². The Kier molecular flexibility index (Phi) is 4.46. The lowest BCUT2D eigenvalue weighted by Gasteiger charge is -2.34. The third kappa shape index (κ3) is 3.22. The summed E-state index contributed by atoms with van der Waals surface area (Å²) in [7, 11) is 4.11. The maximum Gasteiger partial charge on any atom is 0.290 e. The summed E-state index contributed by atoms with van der Waals surface area (Å²) in [4.78, 5) is 21.3. The van der Waals surface area contributed by atoms with Gasteiger partial charge in [-0.15, -0.1) is 0 Å². The van der Waals surface area contributed by atoms with Crippen molar-refractivity contribution in [2.45, 2.75) is 19.0 Å². The number of aromatic nitrogens is 2. The van der Waals surface area contributed by atoms with E-state index >= 15 is 0 Å². The average molecular weight is 373 g/mol. The third-order valence-corrected chi connectivity index (χ3v) is 5.04. The molecule has 1 unspecified atom stereocenters. The minimum absolute atomic E-state index is 0.0976. The minimum atomic E-state index is -0.0976. The highest BCUT2D eigenvalue weighted by molar-refractivity contribution is 6.31. The number of carbonyl (C=O) groups excluding carboxylic acids is 1. The van der Waals surface area contributed by atoms with E-state index in [-0.39, 0.29) is 11.9 Å². The fraction of sp³-hybridized carbons (Fsp3) is 0.368. The smallest absolute Gasteiger partial charge is 0.290 e. The van der Waals surface area contributed by atoms with Crippen molar-refractivity contribution in [3.05, 3.63) is 53.3 Å². The van der Waals surface area contributed by atoms with Crippen molar-refractivity contribution in [2.24, 2.45) is 0 Å². The second kappa shape index (κ2) is 6.78. The van der Waals surface area contributed by atoms with Crippen molar-refractivity contribution in [2.75, 3.05) is 27.2 Å². The number of benzene rings is 1. The van der Waals surface area contributed by atoms with Gasteiger partial charge in [0.1, 0.15) is 5.58 Å². The molecule has 2 aromatic heterocycles. The summed E-state index contributed by atoms with van der Waals surface area (Å²) in [5, 5.41) is 1.47. The first-order valence-electron chi connectivity index (χ1n) is 8.65. The van der Waals surface area contributed by atoms with Crippen LogP contribution in [0.5, 0.6) is 0 Å². The number of carbonyl (C=O) groups is 1. The molecule has 0 saturated heterocycles. The van der Waals surface area contributed by atoms with Crippen LogP contribution < -0.4 is 0 Å². The van der Waals surface area contributed by atoms with Gasteiger partial charge in [-0.25, -0.2) is 4.98 Å². The van der Waals surface area contributed by atoms with Crippen molar-refractivity contribution >= 4 is 28.5 Å². The normalized spacial score (nSPS) is 17.1. The molecular formula is C19H21ClN4O2. The van der Waals surface area contributed by atoms with Gasteiger partial charge < -0.3 is 18.8 Å². The third-order valence-electron chi connectivity index (χ3n) is 4.81. The fourth-order valence-corrected chi connectivity index (χ4v) is 3.63. The summed E-state index contributed by atoms with van der Waals surface area (Å²) in [5.41, 5.74) is 1.72. The number of rotatable bonds is 4. The second-order valence-electron chi connectivity index (χ2n) is 7.02. The fourth-order valence-electron chi connectivity index (χ4n) is 3.45. The Bertz CT molecular complexity index is 946. The predicted molar refractivity (Wildman–Crippen MR) is 100 cm³/mol. The van der Waals surface area contributed by atoms with Crippen molar-refractivity contribution < 1.29 is 9.21 Å². The van der Waals surface area contributed by atoms with E-state index in [4.69, 9.17) is 16.0 Å². The van der Waals surface area contributed by atoms with Gasteiger partial charge in [0.05, 0.1) is 24.6 Å². The van der Waals surface area contributed by atoms with Gasteiger partial charge in [-0.3, -0.25) is 4.79 Å². The Morgan fingerprint density at radius 2 is 2.23 bits per heavy atom. The van der Waals surface area contributed by atoms with Crippen LogP contribution in [0.3, 0.4) is 0 Å². The Hall–Kier alpha value is -2.31. The lowest BCUT2D eigenvalue weighted by Crippen LogP contribution is -2.41. The second-order valence-corrected chi connectivity index (χ2v) is 7.45. The van der Waals surface area contributed by atoms with Gasteiger partial charge in [0.25, 0.3) is 5.91 Å². The highest BCUT2D eigenvalue weighted by Gasteiger charge is 2.30. The van der Waals surface area contributed by atoms with Crippen LogP contribution in [0.15, 0.2) is 41.2 Å². The molecule has 0 bridgehead atoms. The molecule has 3 aromatic rings. The summed E-state index contributed by atoms with van der Waals surface area (Å²) in [6, 6.07) is 7.34. The highest BCUT2D eigenvalue weighted by atomic mass is 35.5. The van der Waals surface area contributed by atoms with Crippen LogP contribution in [-0.2, 0) is 6.54 Å². The van der Waals surface area contributed by atoms with Crippen LogP contribution >= 0.6 is 11.6 Å². The van der Waals surface area contributed by atoms with Gasteiger partial charge in [0, 0.05) is 23.2 Å². The monoisotopic (exact) mass is 372 g/mol. The molecule has 1 atom stereocenters. The van der Waals surface area contributed by atoms with Gasteiger partial charge in [0.2, 0.25) is 0 Å². The number of furan rings is 1. The zero-order valence-corrected chi connectivity index (χ0v) is 15.6. The Labute approximate surface area is 157 Å². The van der Waals surface area contributed by atoms with Crippen molar-refractivity contribution in [1.82, 2.24) is 19.4 Å². The van der Waals surface area contributed by atoms with Crippen molar-refractivity contribution in [1.29, 1.82) is 0 Å². The van der Waals surface area contributed by atoms with Crippen LogP contribution in [0.1, 0.15) is 28.7 Å². The summed E-state index contributed by atoms with van der Waals surface area (Å²) < 4.78 is 7.95. The van der Waals surface area contributed by atoms with E-state index in [1.165, 1.54) is 0 Å². The molecule has 0 N–H and O–H groups in total. The first-order valence-corrected chi connectivity index (χ1v) is 9.03. The summed E-state index contributed by atoms with van der Waals surface area (Å²) in [6.07, 6.45) is 4.65. The quantitative estimate of drug-likeness (QED) is 0.704. The van der Waals surface area contributed by atoms with Crippen molar-refractivity contribution in [3.63, 3.8) is 0 Å². The van der Waals surface area contributed by atoms with Crippen LogP contribution in [-0.4, -0.2) is 52.4 Å². The highest BCUT2D eigenvalue weighted by Crippen LogP contribution is 2.28. The Morgan fingerprint density at radius 3 is 3.04 bits per heavy atom. The molecule has 0 saturated carbocycles. The molecule has 0 spiro atoms. The average Bonchev–Trinajstić information content (AvgIpc) is 3.24. The van der Waals surface area contributed by atoms with E-state index in [0.29, 0.717) is 29.5 Å². The summed E-state index contributed by atoms with van der Waals surface area (Å²) >= 11 is 6.03. The molecule has 136 valence electrons. The maximum absolute atomic E-state index is 13.0. The molecule has 7 heteroatoms. The van der Waals surface area contributed by atoms with Crippen LogP contribution in [0.4, 0.5) is 0 Å². The number of hydrogen-bond acceptors (Lipinski definition) is 4. The van der Waals surface area contributed by atoms with Gasteiger partial charge in [-0.2, -0.15) is 0 Å². The maximum atomic E-state index is 13.0. The molecule has 1 aliphatic heterocycles. The largest absolute Gasteiger partial charge is 0.451 e. The molecule has 4 rings (SSSR count). The predicted octanol–water partition coefficient (Wildman–Crippen LogP) is 3.43. The summed E-state index contributed by atoms with van der Waals surface area (Å²) in [6.45, 7) is 2.14. The van der Waals surface area contributed by atoms with Gasteiger partial charge in [0.15, 0.2) is 5.76 Å². The van der Waals surface area contributed by atoms with E-state index in [1.807, 2.05) is 23.5 Å². The van der Waals surface area contributed by atoms with Gasteiger partial charge >= 0.3 is 0 Å².